The summed E-state index contributed by atoms with van der Waals surface area (Å²) in [4.78, 5) is 5.35. The molecule has 1 aliphatic rings. The van der Waals surface area contributed by atoms with Gasteiger partial charge in [-0.15, -0.1) is 11.3 Å². The highest BCUT2D eigenvalue weighted by Gasteiger charge is 2.19. The summed E-state index contributed by atoms with van der Waals surface area (Å²) in [6, 6.07) is 3.76. The smallest absolute Gasteiger partial charge is 0.197 e. The summed E-state index contributed by atoms with van der Waals surface area (Å²) in [6.45, 7) is 11.6. The fourth-order valence-corrected chi connectivity index (χ4v) is 6.37. The van der Waals surface area contributed by atoms with Crippen molar-refractivity contribution < 1.29 is 36.9 Å². The van der Waals surface area contributed by atoms with Crippen molar-refractivity contribution in [2.24, 2.45) is 0 Å². The number of thiophene rings is 1. The van der Waals surface area contributed by atoms with E-state index in [4.69, 9.17) is 61.4 Å². The molecule has 0 atom stereocenters. The Morgan fingerprint density at radius 2 is 1.58 bits per heavy atom. The Balaban J connectivity index is 1.12. The van der Waals surface area contributed by atoms with Crippen LogP contribution in [0.5, 0.6) is 0 Å². The molecule has 1 saturated heterocycles. The first-order chi connectivity index (χ1) is 21.0. The second kappa shape index (κ2) is 15.6. The van der Waals surface area contributed by atoms with Gasteiger partial charge in [0.1, 0.15) is 0 Å². The monoisotopic (exact) mass is 650 g/mol. The maximum absolute atomic E-state index is 6.29. The second-order valence-corrected chi connectivity index (χ2v) is 12.1. The average Bonchev–Trinajstić information content (AvgIpc) is 3.55. The molecule has 4 aromatic rings. The molecule has 0 aromatic carbocycles. The number of furan rings is 1. The maximum atomic E-state index is 6.29. The first-order valence-corrected chi connectivity index (χ1v) is 16.0. The van der Waals surface area contributed by atoms with E-state index in [1.54, 1.807) is 24.7 Å². The minimum atomic E-state index is 0.462. The summed E-state index contributed by atoms with van der Waals surface area (Å²) in [7, 11) is 1.65. The number of morpholine rings is 1. The molecule has 0 aliphatic carbocycles. The molecule has 5 rings (SSSR count). The lowest BCUT2D eigenvalue weighted by atomic mass is 10.2. The van der Waals surface area contributed by atoms with E-state index in [1.807, 2.05) is 19.1 Å². The first-order valence-electron chi connectivity index (χ1n) is 14.3. The molecule has 5 heterocycles. The molecule has 1 fully saturated rings. The van der Waals surface area contributed by atoms with Crippen LogP contribution in [0.1, 0.15) is 16.0 Å². The second-order valence-electron chi connectivity index (χ2n) is 10.1. The molecule has 0 radical (unpaired) electrons. The van der Waals surface area contributed by atoms with Crippen LogP contribution in [0.2, 0.25) is 0 Å². The Morgan fingerprint density at radius 3 is 2.33 bits per heavy atom. The zero-order chi connectivity index (χ0) is 30.2. The molecule has 0 N–H and O–H groups in total. The number of hydrogen-bond donors (Lipinski definition) is 0. The lowest BCUT2D eigenvalue weighted by molar-refractivity contribution is 0.0427. The van der Waals surface area contributed by atoms with Crippen LogP contribution >= 0.6 is 35.8 Å². The van der Waals surface area contributed by atoms with E-state index in [0.717, 1.165) is 49.8 Å². The van der Waals surface area contributed by atoms with Crippen LogP contribution in [-0.4, -0.2) is 86.1 Å². The molecule has 0 amide bonds. The molecular weight excluding hydrogens is 613 g/mol. The van der Waals surface area contributed by atoms with Gasteiger partial charge in [-0.2, -0.15) is 0 Å². The number of methoxy groups -OCH3 is 1. The zero-order valence-electron chi connectivity index (χ0n) is 24.8. The number of rotatable bonds is 16. The summed E-state index contributed by atoms with van der Waals surface area (Å²) in [6.07, 6.45) is 1.66. The molecule has 10 nitrogen and oxygen atoms in total. The lowest BCUT2D eigenvalue weighted by Gasteiger charge is -2.27. The largest absolute Gasteiger partial charge is 0.459 e. The maximum Gasteiger partial charge on any atom is 0.197 e. The summed E-state index contributed by atoms with van der Waals surface area (Å²) in [5, 5.41) is 0. The fourth-order valence-electron chi connectivity index (χ4n) is 4.73. The van der Waals surface area contributed by atoms with Crippen molar-refractivity contribution in [3.63, 3.8) is 0 Å². The quantitative estimate of drug-likeness (QED) is 0.0986. The van der Waals surface area contributed by atoms with Gasteiger partial charge >= 0.3 is 0 Å². The van der Waals surface area contributed by atoms with Gasteiger partial charge in [0.2, 0.25) is 0 Å². The van der Waals surface area contributed by atoms with Gasteiger partial charge in [-0.1, -0.05) is 24.4 Å². The van der Waals surface area contributed by atoms with Gasteiger partial charge in [0.05, 0.1) is 79.4 Å². The van der Waals surface area contributed by atoms with E-state index >= 15 is 0 Å². The molecule has 43 heavy (non-hydrogen) atoms. The van der Waals surface area contributed by atoms with Crippen LogP contribution < -0.4 is 9.80 Å². The number of fused-ring (bicyclic) bond motifs is 2. The Hall–Kier alpha value is -2.36. The predicted octanol–water partition coefficient (Wildman–Crippen LogP) is 6.45. The van der Waals surface area contributed by atoms with Crippen molar-refractivity contribution >= 4 is 69.0 Å². The Bertz CT molecular complexity index is 1600. The van der Waals surface area contributed by atoms with Gasteiger partial charge in [-0.05, 0) is 13.8 Å². The van der Waals surface area contributed by atoms with Crippen LogP contribution in [0, 0.1) is 22.9 Å². The van der Waals surface area contributed by atoms with Crippen LogP contribution in [-0.2, 0) is 30.3 Å². The summed E-state index contributed by atoms with van der Waals surface area (Å²) >= 11 is 12.9. The van der Waals surface area contributed by atoms with Gasteiger partial charge in [-0.25, -0.2) is 0 Å². The first kappa shape index (κ1) is 32.0. The molecule has 0 spiro atoms. The van der Waals surface area contributed by atoms with Gasteiger partial charge in [0.15, 0.2) is 28.5 Å². The fraction of sp³-hybridized carbons (Fsp3) is 0.533. The Morgan fingerprint density at radius 1 is 0.860 bits per heavy atom. The third-order valence-electron chi connectivity index (χ3n) is 7.16. The van der Waals surface area contributed by atoms with Crippen molar-refractivity contribution in [3.05, 3.63) is 43.4 Å². The van der Waals surface area contributed by atoms with Crippen LogP contribution in [0.3, 0.4) is 0 Å². The van der Waals surface area contributed by atoms with E-state index in [-0.39, 0.29) is 0 Å². The topological polar surface area (TPSA) is 92.1 Å². The number of nitrogens with zero attached hydrogens (tertiary/aromatic N) is 2. The predicted molar refractivity (Wildman–Crippen MR) is 172 cm³/mol. The molecule has 234 valence electrons. The van der Waals surface area contributed by atoms with Gasteiger partial charge < -0.3 is 46.7 Å². The minimum absolute atomic E-state index is 0.462. The van der Waals surface area contributed by atoms with Crippen molar-refractivity contribution in [3.8, 4) is 0 Å². The SMILES string of the molecule is COCCOCCN(CCOCCOCc1sc2c(=S)cc(N3CCOCC3)oc2c1C)c1cc(=S)c2occ(C)c2o1. The van der Waals surface area contributed by atoms with Crippen LogP contribution in [0.4, 0.5) is 11.8 Å². The molecule has 0 bridgehead atoms. The van der Waals surface area contributed by atoms with Crippen molar-refractivity contribution in [1.82, 2.24) is 0 Å². The highest BCUT2D eigenvalue weighted by molar-refractivity contribution is 7.72. The van der Waals surface area contributed by atoms with Crippen molar-refractivity contribution in [2.45, 2.75) is 20.5 Å². The van der Waals surface area contributed by atoms with Gasteiger partial charge in [-0.3, -0.25) is 0 Å². The average molecular weight is 651 g/mol. The van der Waals surface area contributed by atoms with Gasteiger partial charge in [0.25, 0.3) is 0 Å². The molecule has 13 heteroatoms. The number of anilines is 2. The van der Waals surface area contributed by atoms with Crippen LogP contribution in [0.25, 0.3) is 21.4 Å². The molecule has 0 unspecified atom stereocenters. The molecule has 4 aromatic heterocycles. The molecule has 0 saturated carbocycles. The van der Waals surface area contributed by atoms with E-state index in [1.165, 1.54) is 0 Å². The Labute approximate surface area is 265 Å². The standard InChI is InChI=1S/C30H38N2O8S3/c1-20-18-38-29-22(41)16-25(39-27(20)29)31(6-10-35-13-12-33-3)7-11-36-14-15-37-19-24-21(2)28-30(43-24)23(42)17-26(40-28)32-4-8-34-9-5-32/h16-18H,4-15,19H2,1-3H3. The molecule has 1 aliphatic heterocycles. The van der Waals surface area contributed by atoms with E-state index in [9.17, 15) is 0 Å². The van der Waals surface area contributed by atoms with Crippen LogP contribution in [0.15, 0.2) is 31.6 Å². The highest BCUT2D eigenvalue weighted by Crippen LogP contribution is 2.35. The number of hydrogen-bond acceptors (Lipinski definition) is 13. The highest BCUT2D eigenvalue weighted by atomic mass is 32.1. The van der Waals surface area contributed by atoms with E-state index in [2.05, 4.69) is 16.7 Å². The Kier molecular flexibility index (Phi) is 11.6. The lowest BCUT2D eigenvalue weighted by Crippen LogP contribution is -2.36. The third kappa shape index (κ3) is 8.03. The summed E-state index contributed by atoms with van der Waals surface area (Å²) in [5.74, 6) is 1.45. The molecular formula is C30H38N2O8S3. The number of ether oxygens (including phenoxy) is 5. The number of aryl methyl sites for hydroxylation is 2. The van der Waals surface area contributed by atoms with Crippen molar-refractivity contribution in [1.29, 1.82) is 0 Å². The zero-order valence-corrected chi connectivity index (χ0v) is 27.3. The van der Waals surface area contributed by atoms with E-state index in [0.29, 0.717) is 94.1 Å². The van der Waals surface area contributed by atoms with E-state index < -0.39 is 0 Å². The summed E-state index contributed by atoms with van der Waals surface area (Å²) < 4.78 is 48.5. The van der Waals surface area contributed by atoms with Crippen molar-refractivity contribution in [2.75, 3.05) is 95.9 Å². The third-order valence-corrected chi connectivity index (χ3v) is 9.20. The van der Waals surface area contributed by atoms with Gasteiger partial charge in [0, 0.05) is 61.4 Å². The summed E-state index contributed by atoms with van der Waals surface area (Å²) in [5.41, 5.74) is 4.06. The normalized spacial score (nSPS) is 13.9. The minimum Gasteiger partial charge on any atom is -0.459 e.